The van der Waals surface area contributed by atoms with Crippen molar-refractivity contribution in [2.24, 2.45) is 0 Å². The van der Waals surface area contributed by atoms with Gasteiger partial charge in [0, 0.05) is 19.8 Å². The lowest BCUT2D eigenvalue weighted by Gasteiger charge is -2.17. The van der Waals surface area contributed by atoms with Crippen molar-refractivity contribution < 1.29 is 4.79 Å². The fourth-order valence-corrected chi connectivity index (χ4v) is 2.73. The topological polar surface area (TPSA) is 38.1 Å². The van der Waals surface area contributed by atoms with Crippen LogP contribution in [0.1, 0.15) is 23.6 Å². The molecule has 0 saturated carbocycles. The highest BCUT2D eigenvalue weighted by Crippen LogP contribution is 2.11. The van der Waals surface area contributed by atoms with Crippen LogP contribution in [0.15, 0.2) is 67.0 Å². The Morgan fingerprint density at radius 1 is 1.00 bits per heavy atom. The molecule has 25 heavy (non-hydrogen) atoms. The highest BCUT2D eigenvalue weighted by Gasteiger charge is 2.12. The average molecular weight is 333 g/mol. The number of hydrogen-bond donors (Lipinski definition) is 0. The zero-order valence-corrected chi connectivity index (χ0v) is 14.7. The van der Waals surface area contributed by atoms with Crippen LogP contribution >= 0.6 is 0 Å². The number of carbonyl (C=O) groups excluding carboxylic acids is 1. The van der Waals surface area contributed by atoms with E-state index < -0.39 is 0 Å². The van der Waals surface area contributed by atoms with Crippen LogP contribution in [0.5, 0.6) is 0 Å². The molecule has 0 aliphatic heterocycles. The third-order valence-electron chi connectivity index (χ3n) is 4.29. The fourth-order valence-electron chi connectivity index (χ4n) is 2.73. The molecule has 0 N–H and O–H groups in total. The Morgan fingerprint density at radius 2 is 1.68 bits per heavy atom. The van der Waals surface area contributed by atoms with E-state index in [9.17, 15) is 4.79 Å². The molecular weight excluding hydrogens is 310 g/mol. The van der Waals surface area contributed by atoms with E-state index in [2.05, 4.69) is 36.3 Å². The molecule has 0 atom stereocenters. The summed E-state index contributed by atoms with van der Waals surface area (Å²) in [5, 5.41) is 4.35. The van der Waals surface area contributed by atoms with Crippen LogP contribution < -0.4 is 0 Å². The number of nitrogens with zero attached hydrogens (tertiary/aromatic N) is 3. The molecule has 3 rings (SSSR count). The summed E-state index contributed by atoms with van der Waals surface area (Å²) in [4.78, 5) is 14.2. The van der Waals surface area contributed by atoms with Crippen LogP contribution in [0.4, 0.5) is 0 Å². The molecular formula is C21H23N3O. The summed E-state index contributed by atoms with van der Waals surface area (Å²) in [6.45, 7) is 2.76. The fraction of sp³-hybridized carbons (Fsp3) is 0.238. The van der Waals surface area contributed by atoms with Crippen LogP contribution in [-0.2, 0) is 24.2 Å². The maximum atomic E-state index is 12.5. The summed E-state index contributed by atoms with van der Waals surface area (Å²) in [5.74, 6) is 0.0900. The van der Waals surface area contributed by atoms with Crippen LogP contribution in [0, 0.1) is 0 Å². The van der Waals surface area contributed by atoms with Gasteiger partial charge in [-0.25, -0.2) is 4.68 Å². The second kappa shape index (κ2) is 7.79. The van der Waals surface area contributed by atoms with E-state index >= 15 is 0 Å². The van der Waals surface area contributed by atoms with E-state index in [1.807, 2.05) is 43.6 Å². The van der Waals surface area contributed by atoms with Gasteiger partial charge in [-0.15, -0.1) is 0 Å². The minimum Gasteiger partial charge on any atom is -0.341 e. The monoisotopic (exact) mass is 333 g/mol. The minimum atomic E-state index is 0.0900. The quantitative estimate of drug-likeness (QED) is 0.691. The lowest BCUT2D eigenvalue weighted by Crippen LogP contribution is -2.27. The van der Waals surface area contributed by atoms with Crippen LogP contribution in [-0.4, -0.2) is 27.6 Å². The summed E-state index contributed by atoms with van der Waals surface area (Å²) in [7, 11) is 1.84. The van der Waals surface area contributed by atoms with E-state index in [-0.39, 0.29) is 5.91 Å². The van der Waals surface area contributed by atoms with Gasteiger partial charge in [0.15, 0.2) is 0 Å². The molecule has 1 aromatic heterocycles. The Balaban J connectivity index is 1.60. The van der Waals surface area contributed by atoms with Gasteiger partial charge in [-0.2, -0.15) is 5.10 Å². The van der Waals surface area contributed by atoms with E-state index in [0.29, 0.717) is 13.0 Å². The third kappa shape index (κ3) is 4.35. The van der Waals surface area contributed by atoms with Gasteiger partial charge < -0.3 is 4.90 Å². The second-order valence-corrected chi connectivity index (χ2v) is 6.23. The molecule has 0 bridgehead atoms. The summed E-state index contributed by atoms with van der Waals surface area (Å²) >= 11 is 0. The maximum absolute atomic E-state index is 12.5. The molecule has 4 nitrogen and oxygen atoms in total. The maximum Gasteiger partial charge on any atom is 0.227 e. The van der Waals surface area contributed by atoms with Gasteiger partial charge in [-0.1, -0.05) is 49.4 Å². The van der Waals surface area contributed by atoms with Gasteiger partial charge in [0.25, 0.3) is 0 Å². The standard InChI is InChI=1S/C21H23N3O/c1-3-17-9-11-18(12-10-17)15-23(2)21(25)13-19-14-22-24(16-19)20-7-5-4-6-8-20/h4-12,14,16H,3,13,15H2,1-2H3. The molecule has 0 fully saturated rings. The smallest absolute Gasteiger partial charge is 0.227 e. The van der Waals surface area contributed by atoms with Gasteiger partial charge in [0.1, 0.15) is 0 Å². The van der Waals surface area contributed by atoms with Gasteiger partial charge in [0.05, 0.1) is 18.3 Å². The van der Waals surface area contributed by atoms with Crippen molar-refractivity contribution in [1.82, 2.24) is 14.7 Å². The van der Waals surface area contributed by atoms with Crippen LogP contribution in [0.3, 0.4) is 0 Å². The third-order valence-corrected chi connectivity index (χ3v) is 4.29. The first-order chi connectivity index (χ1) is 12.2. The van der Waals surface area contributed by atoms with Crippen molar-refractivity contribution in [2.45, 2.75) is 26.3 Å². The number of hydrogen-bond acceptors (Lipinski definition) is 2. The highest BCUT2D eigenvalue weighted by molar-refractivity contribution is 5.78. The van der Waals surface area contributed by atoms with Crippen molar-refractivity contribution in [3.63, 3.8) is 0 Å². The van der Waals surface area contributed by atoms with Gasteiger partial charge in [-0.3, -0.25) is 4.79 Å². The van der Waals surface area contributed by atoms with E-state index in [1.54, 1.807) is 15.8 Å². The molecule has 0 spiro atoms. The second-order valence-electron chi connectivity index (χ2n) is 6.23. The highest BCUT2D eigenvalue weighted by atomic mass is 16.2. The number of likely N-dealkylation sites (N-methyl/N-ethyl adjacent to an activating group) is 1. The van der Waals surface area contributed by atoms with Gasteiger partial charge >= 0.3 is 0 Å². The number of carbonyl (C=O) groups is 1. The van der Waals surface area contributed by atoms with Crippen molar-refractivity contribution in [1.29, 1.82) is 0 Å². The van der Waals surface area contributed by atoms with Crippen LogP contribution in [0.25, 0.3) is 5.69 Å². The van der Waals surface area contributed by atoms with E-state index in [1.165, 1.54) is 5.56 Å². The number of amides is 1. The molecule has 2 aromatic carbocycles. The molecule has 128 valence electrons. The number of rotatable bonds is 6. The van der Waals surface area contributed by atoms with Crippen LogP contribution in [0.2, 0.25) is 0 Å². The number of benzene rings is 2. The molecule has 1 amide bonds. The Kier molecular flexibility index (Phi) is 5.29. The summed E-state index contributed by atoms with van der Waals surface area (Å²) in [6.07, 6.45) is 5.06. The average Bonchev–Trinajstić information content (AvgIpc) is 3.11. The number of para-hydroxylation sites is 1. The molecule has 0 aliphatic carbocycles. The van der Waals surface area contributed by atoms with Crippen molar-refractivity contribution in [3.8, 4) is 5.69 Å². The van der Waals surface area contributed by atoms with Crippen molar-refractivity contribution in [2.75, 3.05) is 7.05 Å². The molecule has 0 aliphatic rings. The Morgan fingerprint density at radius 3 is 2.36 bits per heavy atom. The largest absolute Gasteiger partial charge is 0.341 e. The minimum absolute atomic E-state index is 0.0900. The van der Waals surface area contributed by atoms with E-state index in [0.717, 1.165) is 23.2 Å². The summed E-state index contributed by atoms with van der Waals surface area (Å²) in [6, 6.07) is 18.3. The van der Waals surface area contributed by atoms with E-state index in [4.69, 9.17) is 0 Å². The molecule has 0 radical (unpaired) electrons. The Labute approximate surface area is 148 Å². The summed E-state index contributed by atoms with van der Waals surface area (Å²) < 4.78 is 1.80. The predicted molar refractivity (Wildman–Crippen MR) is 99.6 cm³/mol. The first-order valence-electron chi connectivity index (χ1n) is 8.56. The molecule has 0 unspecified atom stereocenters. The lowest BCUT2D eigenvalue weighted by atomic mass is 10.1. The zero-order chi connectivity index (χ0) is 17.6. The van der Waals surface area contributed by atoms with Crippen molar-refractivity contribution in [3.05, 3.63) is 83.7 Å². The first kappa shape index (κ1) is 17.0. The Hall–Kier alpha value is -2.88. The Bertz CT molecular complexity index is 822. The predicted octanol–water partition coefficient (Wildman–Crippen LogP) is 3.64. The molecule has 3 aromatic rings. The van der Waals surface area contributed by atoms with Gasteiger partial charge in [0.2, 0.25) is 5.91 Å². The molecule has 0 saturated heterocycles. The zero-order valence-electron chi connectivity index (χ0n) is 14.7. The number of aryl methyl sites for hydroxylation is 1. The summed E-state index contributed by atoms with van der Waals surface area (Å²) in [5.41, 5.74) is 4.37. The first-order valence-corrected chi connectivity index (χ1v) is 8.56. The molecule has 4 heteroatoms. The SMILES string of the molecule is CCc1ccc(CN(C)C(=O)Cc2cnn(-c3ccccc3)c2)cc1. The number of aromatic nitrogens is 2. The van der Waals surface area contributed by atoms with Gasteiger partial charge in [-0.05, 0) is 35.2 Å². The normalized spacial score (nSPS) is 10.6. The molecule has 1 heterocycles. The lowest BCUT2D eigenvalue weighted by molar-refractivity contribution is -0.129. The van der Waals surface area contributed by atoms with Crippen molar-refractivity contribution >= 4 is 5.91 Å².